The normalized spacial score (nSPS) is 18.0. The zero-order valence-corrected chi connectivity index (χ0v) is 17.0. The molecule has 1 heterocycles. The van der Waals surface area contributed by atoms with E-state index >= 15 is 0 Å². The summed E-state index contributed by atoms with van der Waals surface area (Å²) in [6.07, 6.45) is -0.0121. The second kappa shape index (κ2) is 8.75. The standard InChI is InChI=1S/C20H19ClFN3O2S/c1-3-25-19(27)17(28-20(25)24-16-7-5-4-6-15(16)22)11-18(26)23-13-9-8-12(2)14(21)10-13/h4-10,17H,3,11H2,1-2H3,(H,23,26)/t17-/m1/s1. The molecule has 8 heteroatoms. The van der Waals surface area contributed by atoms with Gasteiger partial charge in [-0.15, -0.1) is 0 Å². The van der Waals surface area contributed by atoms with Gasteiger partial charge in [-0.05, 0) is 43.7 Å². The van der Waals surface area contributed by atoms with Gasteiger partial charge in [0.25, 0.3) is 0 Å². The van der Waals surface area contributed by atoms with Crippen LogP contribution in [0.4, 0.5) is 15.8 Å². The highest BCUT2D eigenvalue weighted by Gasteiger charge is 2.38. The number of thioether (sulfide) groups is 1. The first-order valence-corrected chi connectivity index (χ1v) is 10.0. The lowest BCUT2D eigenvalue weighted by molar-refractivity contribution is -0.128. The molecule has 2 amide bonds. The molecular weight excluding hydrogens is 401 g/mol. The Morgan fingerprint density at radius 3 is 2.75 bits per heavy atom. The summed E-state index contributed by atoms with van der Waals surface area (Å²) in [5.74, 6) is -0.967. The molecule has 0 unspecified atom stereocenters. The predicted molar refractivity (Wildman–Crippen MR) is 112 cm³/mol. The summed E-state index contributed by atoms with van der Waals surface area (Å²) in [7, 11) is 0. The minimum atomic E-state index is -0.605. The molecule has 3 rings (SSSR count). The highest BCUT2D eigenvalue weighted by atomic mass is 35.5. The molecule has 1 saturated heterocycles. The fourth-order valence-electron chi connectivity index (χ4n) is 2.71. The van der Waals surface area contributed by atoms with Crippen molar-refractivity contribution in [2.45, 2.75) is 25.5 Å². The van der Waals surface area contributed by atoms with Crippen molar-refractivity contribution in [3.05, 3.63) is 58.9 Å². The summed E-state index contributed by atoms with van der Waals surface area (Å²) in [6, 6.07) is 11.3. The van der Waals surface area contributed by atoms with E-state index in [9.17, 15) is 14.0 Å². The van der Waals surface area contributed by atoms with Gasteiger partial charge >= 0.3 is 0 Å². The summed E-state index contributed by atoms with van der Waals surface area (Å²) in [6.45, 7) is 4.08. The van der Waals surface area contributed by atoms with Crippen LogP contribution in [0.25, 0.3) is 0 Å². The summed E-state index contributed by atoms with van der Waals surface area (Å²) < 4.78 is 13.9. The molecule has 0 saturated carbocycles. The molecule has 28 heavy (non-hydrogen) atoms. The van der Waals surface area contributed by atoms with Crippen molar-refractivity contribution in [2.24, 2.45) is 4.99 Å². The summed E-state index contributed by atoms with van der Waals surface area (Å²) in [4.78, 5) is 30.8. The Labute approximate surface area is 172 Å². The van der Waals surface area contributed by atoms with Gasteiger partial charge in [-0.1, -0.05) is 41.6 Å². The molecule has 1 aliphatic rings. The number of aliphatic imine (C=N–C) groups is 1. The largest absolute Gasteiger partial charge is 0.326 e. The van der Waals surface area contributed by atoms with E-state index in [4.69, 9.17) is 11.6 Å². The topological polar surface area (TPSA) is 61.8 Å². The molecule has 5 nitrogen and oxygen atoms in total. The number of hydrogen-bond acceptors (Lipinski definition) is 4. The van der Waals surface area contributed by atoms with E-state index in [0.29, 0.717) is 22.4 Å². The van der Waals surface area contributed by atoms with E-state index in [2.05, 4.69) is 10.3 Å². The van der Waals surface area contributed by atoms with Gasteiger partial charge in [0.2, 0.25) is 11.8 Å². The van der Waals surface area contributed by atoms with Gasteiger partial charge in [0.15, 0.2) is 5.17 Å². The quantitative estimate of drug-likeness (QED) is 0.759. The molecule has 1 fully saturated rings. The van der Waals surface area contributed by atoms with Crippen molar-refractivity contribution < 1.29 is 14.0 Å². The molecule has 2 aromatic rings. The van der Waals surface area contributed by atoms with Gasteiger partial charge in [-0.25, -0.2) is 9.38 Å². The van der Waals surface area contributed by atoms with Crippen molar-refractivity contribution in [2.75, 3.05) is 11.9 Å². The lowest BCUT2D eigenvalue weighted by atomic mass is 10.2. The van der Waals surface area contributed by atoms with Gasteiger partial charge in [0, 0.05) is 23.7 Å². The van der Waals surface area contributed by atoms with Crippen molar-refractivity contribution in [1.29, 1.82) is 0 Å². The predicted octanol–water partition coefficient (Wildman–Crippen LogP) is 4.77. The van der Waals surface area contributed by atoms with Gasteiger partial charge in [-0.2, -0.15) is 0 Å². The van der Waals surface area contributed by atoms with E-state index in [1.165, 1.54) is 22.7 Å². The number of halogens is 2. The number of hydrogen-bond donors (Lipinski definition) is 1. The lowest BCUT2D eigenvalue weighted by Gasteiger charge is -2.13. The zero-order chi connectivity index (χ0) is 20.3. The Morgan fingerprint density at radius 1 is 1.32 bits per heavy atom. The van der Waals surface area contributed by atoms with Gasteiger partial charge in [0.1, 0.15) is 16.8 Å². The fraction of sp³-hybridized carbons (Fsp3) is 0.250. The molecule has 0 bridgehead atoms. The van der Waals surface area contributed by atoms with Gasteiger partial charge < -0.3 is 5.32 Å². The Balaban J connectivity index is 1.72. The molecule has 146 valence electrons. The van der Waals surface area contributed by atoms with Crippen LogP contribution >= 0.6 is 23.4 Å². The van der Waals surface area contributed by atoms with Crippen molar-refractivity contribution in [3.63, 3.8) is 0 Å². The molecule has 0 aromatic heterocycles. The fourth-order valence-corrected chi connectivity index (χ4v) is 4.11. The SMILES string of the molecule is CCN1C(=O)[C@@H](CC(=O)Nc2ccc(C)c(Cl)c2)SC1=Nc1ccccc1F. The number of rotatable bonds is 5. The summed E-state index contributed by atoms with van der Waals surface area (Å²) >= 11 is 7.25. The number of anilines is 1. The average molecular weight is 420 g/mol. The smallest absolute Gasteiger partial charge is 0.242 e. The van der Waals surface area contributed by atoms with Gasteiger partial charge in [0.05, 0.1) is 0 Å². The van der Waals surface area contributed by atoms with Crippen molar-refractivity contribution in [1.82, 2.24) is 4.90 Å². The monoisotopic (exact) mass is 419 g/mol. The number of carbonyl (C=O) groups is 2. The molecule has 0 radical (unpaired) electrons. The molecule has 0 spiro atoms. The second-order valence-corrected chi connectivity index (χ2v) is 7.83. The molecule has 2 aromatic carbocycles. The van der Waals surface area contributed by atoms with Crippen molar-refractivity contribution in [3.8, 4) is 0 Å². The van der Waals surface area contributed by atoms with Crippen LogP contribution in [0.5, 0.6) is 0 Å². The van der Waals surface area contributed by atoms with Crippen LogP contribution in [0, 0.1) is 12.7 Å². The third-order valence-corrected chi connectivity index (χ3v) is 5.81. The van der Waals surface area contributed by atoms with Crippen LogP contribution < -0.4 is 5.32 Å². The molecule has 1 atom stereocenters. The van der Waals surface area contributed by atoms with E-state index in [1.54, 1.807) is 30.3 Å². The van der Waals surface area contributed by atoms with Crippen LogP contribution in [-0.4, -0.2) is 33.7 Å². The first kappa shape index (κ1) is 20.4. The lowest BCUT2D eigenvalue weighted by Crippen LogP contribution is -2.33. The first-order valence-electron chi connectivity index (χ1n) is 8.76. The second-order valence-electron chi connectivity index (χ2n) is 6.25. The Hall–Kier alpha value is -2.38. The number of amides is 2. The van der Waals surface area contributed by atoms with Crippen LogP contribution in [0.2, 0.25) is 5.02 Å². The number of nitrogens with zero attached hydrogens (tertiary/aromatic N) is 2. The molecule has 1 aliphatic heterocycles. The highest BCUT2D eigenvalue weighted by Crippen LogP contribution is 2.32. The van der Waals surface area contributed by atoms with Crippen LogP contribution in [0.3, 0.4) is 0 Å². The minimum absolute atomic E-state index is 0.0121. The molecule has 1 N–H and O–H groups in total. The first-order chi connectivity index (χ1) is 13.4. The summed E-state index contributed by atoms with van der Waals surface area (Å²) in [5.41, 5.74) is 1.65. The van der Waals surface area contributed by atoms with Crippen molar-refractivity contribution >= 4 is 51.7 Å². The maximum atomic E-state index is 13.9. The number of nitrogens with one attached hydrogen (secondary N) is 1. The maximum absolute atomic E-state index is 13.9. The third-order valence-electron chi connectivity index (χ3n) is 4.23. The minimum Gasteiger partial charge on any atom is -0.326 e. The Morgan fingerprint density at radius 2 is 2.07 bits per heavy atom. The molecular formula is C20H19ClFN3O2S. The van der Waals surface area contributed by atoms with E-state index in [-0.39, 0.29) is 23.9 Å². The van der Waals surface area contributed by atoms with E-state index in [0.717, 1.165) is 5.56 Å². The van der Waals surface area contributed by atoms with E-state index < -0.39 is 11.1 Å². The highest BCUT2D eigenvalue weighted by molar-refractivity contribution is 8.15. The third kappa shape index (κ3) is 4.54. The van der Waals surface area contributed by atoms with Crippen LogP contribution in [0.15, 0.2) is 47.5 Å². The van der Waals surface area contributed by atoms with Gasteiger partial charge in [-0.3, -0.25) is 14.5 Å². The number of carbonyl (C=O) groups excluding carboxylic acids is 2. The van der Waals surface area contributed by atoms with Crippen LogP contribution in [-0.2, 0) is 9.59 Å². The zero-order valence-electron chi connectivity index (χ0n) is 15.4. The number of amidine groups is 1. The van der Waals surface area contributed by atoms with Crippen LogP contribution in [0.1, 0.15) is 18.9 Å². The number of benzene rings is 2. The Bertz CT molecular complexity index is 951. The average Bonchev–Trinajstić information content (AvgIpc) is 2.94. The summed E-state index contributed by atoms with van der Waals surface area (Å²) in [5, 5.41) is 3.10. The Kier molecular flexibility index (Phi) is 6.36. The maximum Gasteiger partial charge on any atom is 0.242 e. The molecule has 0 aliphatic carbocycles. The number of aryl methyl sites for hydroxylation is 1. The van der Waals surface area contributed by atoms with E-state index in [1.807, 2.05) is 19.9 Å². The number of para-hydroxylation sites is 1.